The zero-order valence-electron chi connectivity index (χ0n) is 12.2. The van der Waals surface area contributed by atoms with Crippen LogP contribution in [0.4, 0.5) is 10.5 Å². The molecule has 0 radical (unpaired) electrons. The van der Waals surface area contributed by atoms with Crippen LogP contribution >= 0.6 is 0 Å². The van der Waals surface area contributed by atoms with E-state index < -0.39 is 18.1 Å². The molecule has 0 bridgehead atoms. The predicted octanol–water partition coefficient (Wildman–Crippen LogP) is 1.47. The summed E-state index contributed by atoms with van der Waals surface area (Å²) in [4.78, 5) is 25.7. The largest absolute Gasteiger partial charge is 0.394 e. The maximum Gasteiger partial charge on any atom is 0.316 e. The minimum Gasteiger partial charge on any atom is -0.394 e. The topological polar surface area (TPSA) is 95.7 Å². The van der Waals surface area contributed by atoms with Gasteiger partial charge in [-0.3, -0.25) is 4.79 Å². The van der Waals surface area contributed by atoms with Crippen molar-refractivity contribution in [1.29, 1.82) is 0 Å². The first kappa shape index (κ1) is 15.3. The van der Waals surface area contributed by atoms with Gasteiger partial charge in [-0.25, -0.2) is 4.79 Å². The normalized spacial score (nSPS) is 23.0. The molecule has 1 aromatic carbocycles. The lowest BCUT2D eigenvalue weighted by Gasteiger charge is -2.35. The SMILES string of the molecule is CC[C@H](C)[C@H]1C(=O)Nc2ccccc2[C@H](CO)N1C(N)=O. The Kier molecular flexibility index (Phi) is 4.47. The molecule has 1 aliphatic heterocycles. The van der Waals surface area contributed by atoms with Crippen LogP contribution in [0.15, 0.2) is 24.3 Å². The second-order valence-electron chi connectivity index (χ2n) is 5.35. The highest BCUT2D eigenvalue weighted by Crippen LogP contribution is 2.34. The molecule has 21 heavy (non-hydrogen) atoms. The molecule has 0 saturated carbocycles. The number of carbonyl (C=O) groups excluding carboxylic acids is 2. The molecule has 1 heterocycles. The van der Waals surface area contributed by atoms with E-state index in [2.05, 4.69) is 5.32 Å². The van der Waals surface area contributed by atoms with Gasteiger partial charge in [0.25, 0.3) is 0 Å². The molecule has 0 saturated heterocycles. The Hall–Kier alpha value is -2.08. The third-order valence-corrected chi connectivity index (χ3v) is 4.09. The van der Waals surface area contributed by atoms with Crippen molar-refractivity contribution >= 4 is 17.6 Å². The van der Waals surface area contributed by atoms with Crippen LogP contribution in [0.2, 0.25) is 0 Å². The van der Waals surface area contributed by atoms with Crippen LogP contribution in [-0.4, -0.2) is 34.6 Å². The van der Waals surface area contributed by atoms with Gasteiger partial charge in [-0.2, -0.15) is 0 Å². The molecule has 3 amide bonds. The van der Waals surface area contributed by atoms with Crippen LogP contribution in [0.5, 0.6) is 0 Å². The Morgan fingerprint density at radius 1 is 1.48 bits per heavy atom. The number of nitrogens with zero attached hydrogens (tertiary/aromatic N) is 1. The van der Waals surface area contributed by atoms with E-state index in [1.165, 1.54) is 4.90 Å². The summed E-state index contributed by atoms with van der Waals surface area (Å²) in [7, 11) is 0. The number of amides is 3. The van der Waals surface area contributed by atoms with Crippen molar-refractivity contribution in [1.82, 2.24) is 4.90 Å². The zero-order valence-corrected chi connectivity index (χ0v) is 12.2. The lowest BCUT2D eigenvalue weighted by molar-refractivity contribution is -0.122. The third-order valence-electron chi connectivity index (χ3n) is 4.09. The molecule has 0 fully saturated rings. The first-order valence-electron chi connectivity index (χ1n) is 7.09. The van der Waals surface area contributed by atoms with E-state index in [0.29, 0.717) is 11.3 Å². The van der Waals surface area contributed by atoms with E-state index in [1.807, 2.05) is 13.8 Å². The number of benzene rings is 1. The average Bonchev–Trinajstić information content (AvgIpc) is 2.59. The van der Waals surface area contributed by atoms with Crippen molar-refractivity contribution in [2.75, 3.05) is 11.9 Å². The summed E-state index contributed by atoms with van der Waals surface area (Å²) in [5.74, 6) is -0.340. The summed E-state index contributed by atoms with van der Waals surface area (Å²) in [5.41, 5.74) is 6.80. The van der Waals surface area contributed by atoms with Gasteiger partial charge in [0.15, 0.2) is 0 Å². The number of para-hydroxylation sites is 1. The maximum atomic E-state index is 12.5. The number of aliphatic hydroxyl groups is 1. The highest BCUT2D eigenvalue weighted by Gasteiger charge is 2.40. The molecule has 114 valence electrons. The van der Waals surface area contributed by atoms with Crippen LogP contribution in [0.3, 0.4) is 0 Å². The second kappa shape index (κ2) is 6.13. The smallest absolute Gasteiger partial charge is 0.316 e. The summed E-state index contributed by atoms with van der Waals surface area (Å²) in [5, 5.41) is 12.6. The summed E-state index contributed by atoms with van der Waals surface area (Å²) >= 11 is 0. The molecule has 0 aliphatic carbocycles. The monoisotopic (exact) mass is 291 g/mol. The fourth-order valence-electron chi connectivity index (χ4n) is 2.81. The van der Waals surface area contributed by atoms with Gasteiger partial charge >= 0.3 is 6.03 Å². The van der Waals surface area contributed by atoms with Crippen molar-refractivity contribution in [3.05, 3.63) is 29.8 Å². The van der Waals surface area contributed by atoms with Crippen LogP contribution in [0, 0.1) is 5.92 Å². The van der Waals surface area contributed by atoms with Gasteiger partial charge in [0.05, 0.1) is 12.6 Å². The van der Waals surface area contributed by atoms with Gasteiger partial charge < -0.3 is 21.1 Å². The molecule has 2 rings (SSSR count). The van der Waals surface area contributed by atoms with Gasteiger partial charge in [-0.05, 0) is 12.0 Å². The van der Waals surface area contributed by atoms with Crippen molar-refractivity contribution in [2.45, 2.75) is 32.4 Å². The van der Waals surface area contributed by atoms with E-state index in [1.54, 1.807) is 24.3 Å². The third kappa shape index (κ3) is 2.71. The number of rotatable bonds is 3. The summed E-state index contributed by atoms with van der Waals surface area (Å²) in [6, 6.07) is 5.11. The zero-order chi connectivity index (χ0) is 15.6. The highest BCUT2D eigenvalue weighted by atomic mass is 16.3. The van der Waals surface area contributed by atoms with Crippen molar-refractivity contribution in [2.24, 2.45) is 11.7 Å². The number of aliphatic hydroxyl groups excluding tert-OH is 1. The van der Waals surface area contributed by atoms with Crippen molar-refractivity contribution in [3.63, 3.8) is 0 Å². The summed E-state index contributed by atoms with van der Waals surface area (Å²) in [6.45, 7) is 3.55. The van der Waals surface area contributed by atoms with Crippen LogP contribution in [0.1, 0.15) is 31.9 Å². The molecule has 1 aromatic rings. The van der Waals surface area contributed by atoms with E-state index in [4.69, 9.17) is 5.73 Å². The first-order chi connectivity index (χ1) is 10.0. The van der Waals surface area contributed by atoms with Gasteiger partial charge in [0.2, 0.25) is 5.91 Å². The average molecular weight is 291 g/mol. The number of urea groups is 1. The molecule has 0 aromatic heterocycles. The summed E-state index contributed by atoms with van der Waals surface area (Å²) in [6.07, 6.45) is 0.719. The molecule has 3 atom stereocenters. The number of anilines is 1. The van der Waals surface area contributed by atoms with E-state index in [9.17, 15) is 14.7 Å². The predicted molar refractivity (Wildman–Crippen MR) is 79.6 cm³/mol. The first-order valence-corrected chi connectivity index (χ1v) is 7.09. The highest BCUT2D eigenvalue weighted by molar-refractivity contribution is 5.99. The fraction of sp³-hybridized carbons (Fsp3) is 0.467. The maximum absolute atomic E-state index is 12.5. The molecular formula is C15H21N3O3. The fourth-order valence-corrected chi connectivity index (χ4v) is 2.81. The van der Waals surface area contributed by atoms with Gasteiger partial charge in [0, 0.05) is 11.3 Å². The molecule has 4 N–H and O–H groups in total. The second-order valence-corrected chi connectivity index (χ2v) is 5.35. The number of nitrogens with two attached hydrogens (primary N) is 1. The Morgan fingerprint density at radius 2 is 2.14 bits per heavy atom. The number of hydrogen-bond acceptors (Lipinski definition) is 3. The lowest BCUT2D eigenvalue weighted by Crippen LogP contribution is -2.53. The number of hydrogen-bond donors (Lipinski definition) is 3. The molecular weight excluding hydrogens is 270 g/mol. The number of carbonyl (C=O) groups is 2. The Labute approximate surface area is 123 Å². The number of fused-ring (bicyclic) bond motifs is 1. The van der Waals surface area contributed by atoms with Gasteiger partial charge in [0.1, 0.15) is 6.04 Å². The van der Waals surface area contributed by atoms with Gasteiger partial charge in [-0.15, -0.1) is 0 Å². The number of nitrogens with one attached hydrogen (secondary N) is 1. The minimum absolute atomic E-state index is 0.0686. The molecule has 1 aliphatic rings. The van der Waals surface area contributed by atoms with Crippen molar-refractivity contribution < 1.29 is 14.7 Å². The van der Waals surface area contributed by atoms with E-state index >= 15 is 0 Å². The molecule has 0 unspecified atom stereocenters. The lowest BCUT2D eigenvalue weighted by atomic mass is 9.95. The Balaban J connectivity index is 2.57. The van der Waals surface area contributed by atoms with Gasteiger partial charge in [-0.1, -0.05) is 38.5 Å². The summed E-state index contributed by atoms with van der Waals surface area (Å²) < 4.78 is 0. The quantitative estimate of drug-likeness (QED) is 0.786. The van der Waals surface area contributed by atoms with Crippen LogP contribution in [-0.2, 0) is 4.79 Å². The van der Waals surface area contributed by atoms with Crippen LogP contribution in [0.25, 0.3) is 0 Å². The van der Waals surface area contributed by atoms with Crippen LogP contribution < -0.4 is 11.1 Å². The molecule has 6 heteroatoms. The minimum atomic E-state index is -0.703. The Bertz CT molecular complexity index is 547. The van der Waals surface area contributed by atoms with Crippen molar-refractivity contribution in [3.8, 4) is 0 Å². The molecule has 0 spiro atoms. The Morgan fingerprint density at radius 3 is 2.71 bits per heavy atom. The number of primary amides is 1. The van der Waals surface area contributed by atoms with E-state index in [0.717, 1.165) is 6.42 Å². The standard InChI is InChI=1S/C15H21N3O3/c1-3-9(2)13-14(20)17-11-7-5-4-6-10(11)12(8-19)18(13)15(16)21/h4-7,9,12-13,19H,3,8H2,1-2H3,(H2,16,21)(H,17,20)/t9-,12-,13-/m0/s1. The van der Waals surface area contributed by atoms with E-state index in [-0.39, 0.29) is 18.4 Å². The molecule has 6 nitrogen and oxygen atoms in total.